The van der Waals surface area contributed by atoms with Gasteiger partial charge in [0.15, 0.2) is 0 Å². The van der Waals surface area contributed by atoms with Gasteiger partial charge in [-0.05, 0) is 22.3 Å². The Bertz CT molecular complexity index is 986. The Labute approximate surface area is 191 Å². The molecule has 1 aliphatic carbocycles. The normalized spacial score (nSPS) is 13.5. The highest BCUT2D eigenvalue weighted by molar-refractivity contribution is 7.99. The zero-order chi connectivity index (χ0) is 24.0. The maximum absolute atomic E-state index is 13.3. The molecule has 1 unspecified atom stereocenters. The second-order valence-corrected chi connectivity index (χ2v) is 8.29. The van der Waals surface area contributed by atoms with Gasteiger partial charge in [-0.3, -0.25) is 9.59 Å². The fraction of sp³-hybridized carbons (Fsp3) is 0.318. The summed E-state index contributed by atoms with van der Waals surface area (Å²) < 4.78 is 45.1. The molecule has 3 rings (SSSR count). The van der Waals surface area contributed by atoms with Gasteiger partial charge < -0.3 is 20.5 Å². The van der Waals surface area contributed by atoms with Crippen LogP contribution in [0.2, 0.25) is 0 Å². The van der Waals surface area contributed by atoms with Crippen LogP contribution in [0.15, 0.2) is 48.5 Å². The van der Waals surface area contributed by atoms with E-state index in [1.807, 2.05) is 53.8 Å². The number of alkyl carbamates (subject to hydrolysis) is 1. The quantitative estimate of drug-likeness (QED) is 0.474. The second-order valence-electron chi connectivity index (χ2n) is 7.18. The second kappa shape index (κ2) is 10.6. The topological polar surface area (TPSA) is 105 Å². The monoisotopic (exact) mass is 482 g/mol. The molecule has 0 heterocycles. The minimum absolute atomic E-state index is 0.105. The fourth-order valence-corrected chi connectivity index (χ4v) is 4.13. The lowest BCUT2D eigenvalue weighted by Gasteiger charge is -2.21. The van der Waals surface area contributed by atoms with Crippen molar-refractivity contribution in [1.29, 1.82) is 0 Å². The number of carboxylic acids is 1. The van der Waals surface area contributed by atoms with Crippen LogP contribution in [0, 0.1) is 0 Å². The van der Waals surface area contributed by atoms with E-state index < -0.39 is 30.2 Å². The third-order valence-corrected chi connectivity index (χ3v) is 5.91. The van der Waals surface area contributed by atoms with Crippen molar-refractivity contribution in [3.8, 4) is 11.1 Å². The van der Waals surface area contributed by atoms with Crippen LogP contribution in [-0.4, -0.2) is 60.0 Å². The van der Waals surface area contributed by atoms with E-state index in [9.17, 15) is 27.6 Å². The standard InChI is InChI=1S/C22H21F3N2O5S/c23-22(24,25)19(20(30)26-9-10-33-12-18(28)29)27-21(31)32-11-17-15-7-3-1-5-13(15)14-6-2-4-8-16(14)17/h1-8,17,19H,9-12H2,(H,26,30)(H,27,31)(H,28,29). The molecule has 176 valence electrons. The number of fused-ring (bicyclic) bond motifs is 3. The van der Waals surface area contributed by atoms with Gasteiger partial charge in [-0.15, -0.1) is 11.8 Å². The molecule has 2 aromatic carbocycles. The van der Waals surface area contributed by atoms with Crippen molar-refractivity contribution >= 4 is 29.7 Å². The summed E-state index contributed by atoms with van der Waals surface area (Å²) >= 11 is 0.940. The van der Waals surface area contributed by atoms with Crippen LogP contribution in [0.4, 0.5) is 18.0 Å². The molecule has 0 radical (unpaired) electrons. The van der Waals surface area contributed by atoms with E-state index in [4.69, 9.17) is 9.84 Å². The van der Waals surface area contributed by atoms with Crippen molar-refractivity contribution in [2.45, 2.75) is 18.1 Å². The first-order chi connectivity index (χ1) is 15.7. The molecule has 33 heavy (non-hydrogen) atoms. The van der Waals surface area contributed by atoms with Crippen LogP contribution in [0.1, 0.15) is 17.0 Å². The first-order valence-corrected chi connectivity index (χ1v) is 11.1. The molecule has 0 aliphatic heterocycles. The average Bonchev–Trinajstić information content (AvgIpc) is 3.08. The Morgan fingerprint density at radius 1 is 1.03 bits per heavy atom. The largest absolute Gasteiger partial charge is 0.481 e. The summed E-state index contributed by atoms with van der Waals surface area (Å²) in [5.41, 5.74) is 3.73. The number of aliphatic carboxylic acids is 1. The molecule has 3 N–H and O–H groups in total. The highest BCUT2D eigenvalue weighted by Gasteiger charge is 2.46. The van der Waals surface area contributed by atoms with Crippen molar-refractivity contribution in [3.05, 3.63) is 59.7 Å². The molecule has 2 aromatic rings. The molecular formula is C22H21F3N2O5S. The van der Waals surface area contributed by atoms with E-state index in [1.54, 1.807) is 5.32 Å². The minimum atomic E-state index is -5.04. The Morgan fingerprint density at radius 2 is 1.61 bits per heavy atom. The zero-order valence-corrected chi connectivity index (χ0v) is 18.0. The lowest BCUT2D eigenvalue weighted by molar-refractivity contribution is -0.167. The van der Waals surface area contributed by atoms with Crippen LogP contribution in [0.25, 0.3) is 11.1 Å². The number of carbonyl (C=O) groups is 3. The first kappa shape index (κ1) is 24.4. The van der Waals surface area contributed by atoms with Crippen molar-refractivity contribution in [3.63, 3.8) is 0 Å². The van der Waals surface area contributed by atoms with Crippen molar-refractivity contribution in [2.75, 3.05) is 24.7 Å². The fourth-order valence-electron chi connectivity index (χ4n) is 3.56. The smallest absolute Gasteiger partial charge is 0.417 e. The number of carboxylic acid groups (broad SMARTS) is 1. The molecule has 0 fully saturated rings. The number of nitrogens with one attached hydrogen (secondary N) is 2. The molecule has 0 saturated carbocycles. The Morgan fingerprint density at radius 3 is 2.15 bits per heavy atom. The third-order valence-electron chi connectivity index (χ3n) is 4.97. The number of carbonyl (C=O) groups excluding carboxylic acids is 2. The van der Waals surface area contributed by atoms with Gasteiger partial charge in [0.05, 0.1) is 5.75 Å². The molecular weight excluding hydrogens is 461 g/mol. The van der Waals surface area contributed by atoms with Gasteiger partial charge in [0, 0.05) is 18.2 Å². The van der Waals surface area contributed by atoms with Gasteiger partial charge in [-0.1, -0.05) is 48.5 Å². The average molecular weight is 482 g/mol. The maximum Gasteiger partial charge on any atom is 0.417 e. The third kappa shape index (κ3) is 6.19. The molecule has 7 nitrogen and oxygen atoms in total. The van der Waals surface area contributed by atoms with Crippen LogP contribution in [0.3, 0.4) is 0 Å². The van der Waals surface area contributed by atoms with Gasteiger partial charge in [-0.2, -0.15) is 13.2 Å². The maximum atomic E-state index is 13.3. The number of halogens is 3. The molecule has 2 amide bonds. The summed E-state index contributed by atoms with van der Waals surface area (Å²) in [7, 11) is 0. The number of ether oxygens (including phenoxy) is 1. The van der Waals surface area contributed by atoms with Crippen LogP contribution < -0.4 is 10.6 Å². The van der Waals surface area contributed by atoms with Gasteiger partial charge >= 0.3 is 18.2 Å². The number of hydrogen-bond donors (Lipinski definition) is 3. The lowest BCUT2D eigenvalue weighted by atomic mass is 9.98. The van der Waals surface area contributed by atoms with Gasteiger partial charge in [0.1, 0.15) is 6.61 Å². The molecule has 11 heteroatoms. The zero-order valence-electron chi connectivity index (χ0n) is 17.2. The summed E-state index contributed by atoms with van der Waals surface area (Å²) in [4.78, 5) is 34.6. The van der Waals surface area contributed by atoms with Crippen LogP contribution in [-0.2, 0) is 14.3 Å². The van der Waals surface area contributed by atoms with Crippen molar-refractivity contribution in [1.82, 2.24) is 10.6 Å². The predicted octanol–water partition coefficient (Wildman–Crippen LogP) is 3.39. The van der Waals surface area contributed by atoms with E-state index >= 15 is 0 Å². The number of benzene rings is 2. The van der Waals surface area contributed by atoms with E-state index in [0.717, 1.165) is 34.0 Å². The highest BCUT2D eigenvalue weighted by Crippen LogP contribution is 2.44. The van der Waals surface area contributed by atoms with Crippen LogP contribution >= 0.6 is 11.8 Å². The number of thioether (sulfide) groups is 1. The van der Waals surface area contributed by atoms with Crippen LogP contribution in [0.5, 0.6) is 0 Å². The summed E-state index contributed by atoms with van der Waals surface area (Å²) in [6.07, 6.45) is -6.40. The molecule has 0 saturated heterocycles. The number of hydrogen-bond acceptors (Lipinski definition) is 5. The van der Waals surface area contributed by atoms with Crippen molar-refractivity contribution < 1.29 is 37.4 Å². The Balaban J connectivity index is 1.59. The first-order valence-electron chi connectivity index (χ1n) is 9.94. The summed E-state index contributed by atoms with van der Waals surface area (Å²) in [6, 6.07) is 12.2. The van der Waals surface area contributed by atoms with Gasteiger partial charge in [0.2, 0.25) is 6.04 Å². The van der Waals surface area contributed by atoms with E-state index in [1.165, 1.54) is 0 Å². The molecule has 0 spiro atoms. The molecule has 0 bridgehead atoms. The predicted molar refractivity (Wildman–Crippen MR) is 116 cm³/mol. The van der Waals surface area contributed by atoms with E-state index in [0.29, 0.717) is 0 Å². The number of amides is 2. The lowest BCUT2D eigenvalue weighted by Crippen LogP contribution is -2.55. The van der Waals surface area contributed by atoms with Gasteiger partial charge in [-0.25, -0.2) is 4.79 Å². The summed E-state index contributed by atoms with van der Waals surface area (Å²) in [5, 5.41) is 12.2. The summed E-state index contributed by atoms with van der Waals surface area (Å²) in [6.45, 7) is -0.381. The SMILES string of the molecule is O=C(O)CSCCNC(=O)C(NC(=O)OCC1c2ccccc2-c2ccccc21)C(F)(F)F. The van der Waals surface area contributed by atoms with E-state index in [-0.39, 0.29) is 30.6 Å². The molecule has 1 aliphatic rings. The molecule has 1 atom stereocenters. The highest BCUT2D eigenvalue weighted by atomic mass is 32.2. The molecule has 0 aromatic heterocycles. The number of rotatable bonds is 9. The summed E-state index contributed by atoms with van der Waals surface area (Å²) in [5.74, 6) is -3.00. The van der Waals surface area contributed by atoms with Gasteiger partial charge in [0.25, 0.3) is 5.91 Å². The minimum Gasteiger partial charge on any atom is -0.481 e. The Hall–Kier alpha value is -3.21. The van der Waals surface area contributed by atoms with E-state index in [2.05, 4.69) is 0 Å². The Kier molecular flexibility index (Phi) is 7.85. The number of alkyl halides is 3. The van der Waals surface area contributed by atoms with Crippen molar-refractivity contribution in [2.24, 2.45) is 0 Å².